The number of aromatic hydroxyl groups is 1. The average molecular weight is 276 g/mol. The standard InChI is InChI=1S/C15H14ClNO2/c1-10-13(6-3-7-14(10)18)15(19)17-12-5-2-4-11(8-12)9-16/h2-8,18H,9H2,1H3,(H,17,19). The number of carbonyl (C=O) groups excluding carboxylic acids is 1. The highest BCUT2D eigenvalue weighted by Gasteiger charge is 2.11. The summed E-state index contributed by atoms with van der Waals surface area (Å²) in [5.74, 6) is 0.261. The van der Waals surface area contributed by atoms with Gasteiger partial charge in [0.2, 0.25) is 0 Å². The number of phenols is 1. The molecule has 98 valence electrons. The van der Waals surface area contributed by atoms with E-state index in [4.69, 9.17) is 11.6 Å². The molecular formula is C15H14ClNO2. The molecule has 0 radical (unpaired) electrons. The van der Waals surface area contributed by atoms with E-state index in [0.717, 1.165) is 5.56 Å². The molecule has 19 heavy (non-hydrogen) atoms. The van der Waals surface area contributed by atoms with Gasteiger partial charge in [-0.2, -0.15) is 0 Å². The third-order valence-electron chi connectivity index (χ3n) is 2.89. The molecule has 0 spiro atoms. The lowest BCUT2D eigenvalue weighted by Crippen LogP contribution is -2.13. The predicted molar refractivity (Wildman–Crippen MR) is 76.8 cm³/mol. The number of hydrogen-bond donors (Lipinski definition) is 2. The molecule has 0 aromatic heterocycles. The minimum absolute atomic E-state index is 0.113. The van der Waals surface area contributed by atoms with Crippen LogP contribution in [0, 0.1) is 6.92 Å². The van der Waals surface area contributed by atoms with Crippen LogP contribution in [0.3, 0.4) is 0 Å². The lowest BCUT2D eigenvalue weighted by molar-refractivity contribution is 0.102. The third kappa shape index (κ3) is 3.06. The quantitative estimate of drug-likeness (QED) is 0.839. The van der Waals surface area contributed by atoms with Crippen molar-refractivity contribution in [1.29, 1.82) is 0 Å². The number of nitrogens with one attached hydrogen (secondary N) is 1. The van der Waals surface area contributed by atoms with E-state index in [-0.39, 0.29) is 11.7 Å². The molecule has 2 aromatic rings. The van der Waals surface area contributed by atoms with Crippen LogP contribution in [-0.2, 0) is 5.88 Å². The van der Waals surface area contributed by atoms with Gasteiger partial charge in [-0.15, -0.1) is 11.6 Å². The number of alkyl halides is 1. The van der Waals surface area contributed by atoms with Crippen molar-refractivity contribution in [1.82, 2.24) is 0 Å². The summed E-state index contributed by atoms with van der Waals surface area (Å²) in [6.07, 6.45) is 0. The Balaban J connectivity index is 2.23. The topological polar surface area (TPSA) is 49.3 Å². The van der Waals surface area contributed by atoms with Crippen LogP contribution >= 0.6 is 11.6 Å². The Hall–Kier alpha value is -2.00. The minimum atomic E-state index is -0.250. The van der Waals surface area contributed by atoms with E-state index in [9.17, 15) is 9.90 Å². The number of anilines is 1. The number of amides is 1. The fourth-order valence-electron chi connectivity index (χ4n) is 1.80. The van der Waals surface area contributed by atoms with Gasteiger partial charge >= 0.3 is 0 Å². The van der Waals surface area contributed by atoms with Crippen LogP contribution in [0.15, 0.2) is 42.5 Å². The number of carbonyl (C=O) groups is 1. The normalized spacial score (nSPS) is 10.2. The van der Waals surface area contributed by atoms with Crippen molar-refractivity contribution in [3.05, 3.63) is 59.2 Å². The summed E-state index contributed by atoms with van der Waals surface area (Å²) in [6, 6.07) is 12.2. The van der Waals surface area contributed by atoms with Gasteiger partial charge in [0.1, 0.15) is 5.75 Å². The van der Waals surface area contributed by atoms with Crippen molar-refractivity contribution in [2.24, 2.45) is 0 Å². The highest BCUT2D eigenvalue weighted by molar-refractivity contribution is 6.17. The molecule has 0 fully saturated rings. The summed E-state index contributed by atoms with van der Waals surface area (Å²) in [7, 11) is 0. The third-order valence-corrected chi connectivity index (χ3v) is 3.20. The molecule has 0 aliphatic heterocycles. The fourth-order valence-corrected chi connectivity index (χ4v) is 1.97. The zero-order valence-corrected chi connectivity index (χ0v) is 11.2. The molecular weight excluding hydrogens is 262 g/mol. The molecule has 0 aliphatic rings. The van der Waals surface area contributed by atoms with Crippen LogP contribution in [0.1, 0.15) is 21.5 Å². The summed E-state index contributed by atoms with van der Waals surface area (Å²) in [5, 5.41) is 12.4. The second kappa shape index (κ2) is 5.76. The summed E-state index contributed by atoms with van der Waals surface area (Å²) < 4.78 is 0. The van der Waals surface area contributed by atoms with Gasteiger partial charge in [0, 0.05) is 22.7 Å². The Morgan fingerprint density at radius 1 is 1.26 bits per heavy atom. The first-order valence-corrected chi connectivity index (χ1v) is 6.40. The maximum absolute atomic E-state index is 12.1. The van der Waals surface area contributed by atoms with Crippen molar-refractivity contribution >= 4 is 23.2 Å². The zero-order chi connectivity index (χ0) is 13.8. The first kappa shape index (κ1) is 13.4. The Labute approximate surface area is 116 Å². The fraction of sp³-hybridized carbons (Fsp3) is 0.133. The molecule has 1 amide bonds. The van der Waals surface area contributed by atoms with Gasteiger partial charge in [-0.1, -0.05) is 18.2 Å². The number of rotatable bonds is 3. The number of benzene rings is 2. The molecule has 0 bridgehead atoms. The lowest BCUT2D eigenvalue weighted by Gasteiger charge is -2.09. The first-order chi connectivity index (χ1) is 9.11. The highest BCUT2D eigenvalue weighted by atomic mass is 35.5. The van der Waals surface area contributed by atoms with E-state index >= 15 is 0 Å². The molecule has 0 heterocycles. The van der Waals surface area contributed by atoms with E-state index in [2.05, 4.69) is 5.32 Å². The van der Waals surface area contributed by atoms with Crippen molar-refractivity contribution in [2.75, 3.05) is 5.32 Å². The Morgan fingerprint density at radius 3 is 2.74 bits per heavy atom. The van der Waals surface area contributed by atoms with E-state index in [1.165, 1.54) is 0 Å². The van der Waals surface area contributed by atoms with Gasteiger partial charge in [-0.3, -0.25) is 4.79 Å². The Morgan fingerprint density at radius 2 is 2.00 bits per heavy atom. The maximum atomic E-state index is 12.1. The van der Waals surface area contributed by atoms with Crippen LogP contribution in [0.25, 0.3) is 0 Å². The summed E-state index contributed by atoms with van der Waals surface area (Å²) in [4.78, 5) is 12.1. The van der Waals surface area contributed by atoms with Crippen LogP contribution in [-0.4, -0.2) is 11.0 Å². The number of phenolic OH excluding ortho intramolecular Hbond substituents is 1. The second-order valence-corrected chi connectivity index (χ2v) is 4.51. The Kier molecular flexibility index (Phi) is 4.07. The highest BCUT2D eigenvalue weighted by Crippen LogP contribution is 2.21. The van der Waals surface area contributed by atoms with Gasteiger partial charge < -0.3 is 10.4 Å². The first-order valence-electron chi connectivity index (χ1n) is 5.86. The minimum Gasteiger partial charge on any atom is -0.508 e. The number of hydrogen-bond acceptors (Lipinski definition) is 2. The molecule has 3 nitrogen and oxygen atoms in total. The van der Waals surface area contributed by atoms with Crippen LogP contribution in [0.2, 0.25) is 0 Å². The van der Waals surface area contributed by atoms with Gasteiger partial charge in [0.25, 0.3) is 5.91 Å². The van der Waals surface area contributed by atoms with Crippen molar-refractivity contribution in [3.63, 3.8) is 0 Å². The molecule has 0 aliphatic carbocycles. The van der Waals surface area contributed by atoms with Gasteiger partial charge in [0.15, 0.2) is 0 Å². The van der Waals surface area contributed by atoms with E-state index < -0.39 is 0 Å². The van der Waals surface area contributed by atoms with Crippen molar-refractivity contribution in [3.8, 4) is 5.75 Å². The molecule has 2 aromatic carbocycles. The van der Waals surface area contributed by atoms with E-state index in [0.29, 0.717) is 22.7 Å². The van der Waals surface area contributed by atoms with E-state index in [1.54, 1.807) is 31.2 Å². The van der Waals surface area contributed by atoms with Gasteiger partial charge in [0.05, 0.1) is 0 Å². The largest absolute Gasteiger partial charge is 0.508 e. The van der Waals surface area contributed by atoms with Gasteiger partial charge in [-0.05, 0) is 36.8 Å². The molecule has 0 unspecified atom stereocenters. The van der Waals surface area contributed by atoms with Crippen LogP contribution < -0.4 is 5.32 Å². The molecule has 2 N–H and O–H groups in total. The van der Waals surface area contributed by atoms with Crippen LogP contribution in [0.5, 0.6) is 5.75 Å². The van der Waals surface area contributed by atoms with Crippen LogP contribution in [0.4, 0.5) is 5.69 Å². The Bertz CT molecular complexity index is 611. The monoisotopic (exact) mass is 275 g/mol. The molecule has 0 atom stereocenters. The molecule has 0 saturated carbocycles. The zero-order valence-electron chi connectivity index (χ0n) is 10.5. The van der Waals surface area contributed by atoms with Crippen molar-refractivity contribution < 1.29 is 9.90 Å². The smallest absolute Gasteiger partial charge is 0.256 e. The molecule has 4 heteroatoms. The summed E-state index contributed by atoms with van der Waals surface area (Å²) in [5.41, 5.74) is 2.64. The SMILES string of the molecule is Cc1c(O)cccc1C(=O)Nc1cccc(CCl)c1. The number of halogens is 1. The average Bonchev–Trinajstić information content (AvgIpc) is 2.42. The van der Waals surface area contributed by atoms with Gasteiger partial charge in [-0.25, -0.2) is 0 Å². The molecule has 0 saturated heterocycles. The summed E-state index contributed by atoms with van der Waals surface area (Å²) >= 11 is 5.75. The maximum Gasteiger partial charge on any atom is 0.256 e. The lowest BCUT2D eigenvalue weighted by atomic mass is 10.1. The second-order valence-electron chi connectivity index (χ2n) is 4.24. The van der Waals surface area contributed by atoms with E-state index in [1.807, 2.05) is 18.2 Å². The predicted octanol–water partition coefficient (Wildman–Crippen LogP) is 3.69. The van der Waals surface area contributed by atoms with Crippen molar-refractivity contribution in [2.45, 2.75) is 12.8 Å². The molecule has 2 rings (SSSR count). The summed E-state index contributed by atoms with van der Waals surface area (Å²) in [6.45, 7) is 1.71.